The Morgan fingerprint density at radius 3 is 2.52 bits per heavy atom. The van der Waals surface area contributed by atoms with Gasteiger partial charge in [-0.15, -0.1) is 0 Å². The third-order valence-corrected chi connectivity index (χ3v) is 3.13. The maximum absolute atomic E-state index is 14.1. The van der Waals surface area contributed by atoms with Gasteiger partial charge in [0.15, 0.2) is 0 Å². The molecule has 2 heterocycles. The van der Waals surface area contributed by atoms with Gasteiger partial charge in [-0.25, -0.2) is 18.7 Å². The predicted octanol–water partition coefficient (Wildman–Crippen LogP) is 2.40. The third kappa shape index (κ3) is 2.22. The second kappa shape index (κ2) is 4.93. The molecular weight excluding hydrogens is 276 g/mol. The van der Waals surface area contributed by atoms with Gasteiger partial charge in [0.05, 0.1) is 5.56 Å². The fourth-order valence-corrected chi connectivity index (χ4v) is 2.12. The van der Waals surface area contributed by atoms with Crippen LogP contribution in [0.15, 0.2) is 36.9 Å². The van der Waals surface area contributed by atoms with E-state index in [1.165, 1.54) is 23.1 Å². The van der Waals surface area contributed by atoms with Crippen LogP contribution >= 0.6 is 0 Å². The minimum absolute atomic E-state index is 0.181. The van der Waals surface area contributed by atoms with Gasteiger partial charge in [0.1, 0.15) is 29.5 Å². The molecule has 5 nitrogen and oxygen atoms in total. The van der Waals surface area contributed by atoms with Gasteiger partial charge in [0.25, 0.3) is 0 Å². The summed E-state index contributed by atoms with van der Waals surface area (Å²) in [5.74, 6) is -1.07. The van der Waals surface area contributed by atoms with Crippen LogP contribution in [0.25, 0.3) is 22.4 Å². The van der Waals surface area contributed by atoms with Crippen LogP contribution in [0.3, 0.4) is 0 Å². The standard InChI is InChI=1S/C14H11F2N5/c1-21-14(17)12(10-3-2-9(15)4-11(10)16)13(20-21)8-5-18-7-19-6-8/h2-7H,17H2,1H3. The van der Waals surface area contributed by atoms with Crippen molar-refractivity contribution in [1.29, 1.82) is 0 Å². The molecular formula is C14H11F2N5. The zero-order valence-electron chi connectivity index (χ0n) is 11.1. The van der Waals surface area contributed by atoms with Crippen LogP contribution in [0, 0.1) is 11.6 Å². The summed E-state index contributed by atoms with van der Waals surface area (Å²) in [6.45, 7) is 0. The lowest BCUT2D eigenvalue weighted by Gasteiger charge is -2.05. The highest BCUT2D eigenvalue weighted by molar-refractivity contribution is 5.87. The van der Waals surface area contributed by atoms with E-state index >= 15 is 0 Å². The van der Waals surface area contributed by atoms with Gasteiger partial charge in [-0.1, -0.05) is 0 Å². The lowest BCUT2D eigenvalue weighted by atomic mass is 10.0. The maximum Gasteiger partial charge on any atom is 0.134 e. The van der Waals surface area contributed by atoms with Crippen molar-refractivity contribution in [3.63, 3.8) is 0 Å². The van der Waals surface area contributed by atoms with Gasteiger partial charge >= 0.3 is 0 Å². The first-order chi connectivity index (χ1) is 10.1. The zero-order valence-corrected chi connectivity index (χ0v) is 11.1. The molecule has 3 rings (SSSR count). The monoisotopic (exact) mass is 287 g/mol. The Kier molecular flexibility index (Phi) is 3.09. The molecule has 0 bridgehead atoms. The first-order valence-corrected chi connectivity index (χ1v) is 6.11. The SMILES string of the molecule is Cn1nc(-c2cncnc2)c(-c2ccc(F)cc2F)c1N. The molecule has 0 radical (unpaired) electrons. The van der Waals surface area contributed by atoms with Crippen molar-refractivity contribution in [2.75, 3.05) is 5.73 Å². The molecule has 0 saturated carbocycles. The highest BCUT2D eigenvalue weighted by atomic mass is 19.1. The average Bonchev–Trinajstić information content (AvgIpc) is 2.76. The van der Waals surface area contributed by atoms with E-state index in [0.717, 1.165) is 6.07 Å². The Morgan fingerprint density at radius 2 is 1.86 bits per heavy atom. The second-order valence-corrected chi connectivity index (χ2v) is 4.48. The summed E-state index contributed by atoms with van der Waals surface area (Å²) in [5, 5.41) is 4.27. The van der Waals surface area contributed by atoms with E-state index in [-0.39, 0.29) is 11.4 Å². The van der Waals surface area contributed by atoms with Crippen LogP contribution in [0.2, 0.25) is 0 Å². The van der Waals surface area contributed by atoms with Crippen LogP contribution in [-0.2, 0) is 7.05 Å². The van der Waals surface area contributed by atoms with Crippen molar-refractivity contribution >= 4 is 5.82 Å². The zero-order chi connectivity index (χ0) is 15.0. The Hall–Kier alpha value is -2.83. The lowest BCUT2D eigenvalue weighted by molar-refractivity contribution is 0.585. The van der Waals surface area contributed by atoms with Crippen molar-refractivity contribution in [1.82, 2.24) is 19.7 Å². The Morgan fingerprint density at radius 1 is 1.14 bits per heavy atom. The molecule has 0 aliphatic carbocycles. The molecule has 2 N–H and O–H groups in total. The van der Waals surface area contributed by atoms with Crippen LogP contribution in [0.1, 0.15) is 0 Å². The maximum atomic E-state index is 14.1. The predicted molar refractivity (Wildman–Crippen MR) is 74.0 cm³/mol. The quantitative estimate of drug-likeness (QED) is 0.785. The number of halogens is 2. The van der Waals surface area contributed by atoms with Gasteiger partial charge in [-0.2, -0.15) is 5.10 Å². The Bertz CT molecular complexity index is 799. The van der Waals surface area contributed by atoms with Crippen LogP contribution in [0.5, 0.6) is 0 Å². The smallest absolute Gasteiger partial charge is 0.134 e. The molecule has 0 spiro atoms. The molecule has 7 heteroatoms. The fraction of sp³-hybridized carbons (Fsp3) is 0.0714. The highest BCUT2D eigenvalue weighted by Crippen LogP contribution is 2.36. The molecule has 0 amide bonds. The van der Waals surface area contributed by atoms with Crippen molar-refractivity contribution in [3.8, 4) is 22.4 Å². The van der Waals surface area contributed by atoms with Gasteiger partial charge in [-0.05, 0) is 12.1 Å². The van der Waals surface area contributed by atoms with Crippen LogP contribution in [0.4, 0.5) is 14.6 Å². The van der Waals surface area contributed by atoms with Gasteiger partial charge < -0.3 is 5.73 Å². The fourth-order valence-electron chi connectivity index (χ4n) is 2.12. The first kappa shape index (κ1) is 13.2. The number of rotatable bonds is 2. The summed E-state index contributed by atoms with van der Waals surface area (Å²) < 4.78 is 28.6. The molecule has 2 aromatic heterocycles. The summed E-state index contributed by atoms with van der Waals surface area (Å²) >= 11 is 0. The van der Waals surface area contributed by atoms with E-state index in [4.69, 9.17) is 5.73 Å². The molecule has 0 unspecified atom stereocenters. The number of aromatic nitrogens is 4. The average molecular weight is 287 g/mol. The molecule has 0 aliphatic heterocycles. The number of nitrogens with two attached hydrogens (primary N) is 1. The number of anilines is 1. The number of aryl methyl sites for hydroxylation is 1. The van der Waals surface area contributed by atoms with Gasteiger partial charge in [0, 0.05) is 36.6 Å². The molecule has 0 atom stereocenters. The number of nitrogen functional groups attached to an aromatic ring is 1. The topological polar surface area (TPSA) is 69.6 Å². The van der Waals surface area contributed by atoms with Gasteiger partial charge in [0.2, 0.25) is 0 Å². The normalized spacial score (nSPS) is 10.8. The highest BCUT2D eigenvalue weighted by Gasteiger charge is 2.20. The van der Waals surface area contributed by atoms with E-state index < -0.39 is 11.6 Å². The Balaban J connectivity index is 2.27. The molecule has 0 saturated heterocycles. The minimum atomic E-state index is -0.701. The summed E-state index contributed by atoms with van der Waals surface area (Å²) in [6, 6.07) is 3.33. The van der Waals surface area contributed by atoms with Gasteiger partial charge in [-0.3, -0.25) is 4.68 Å². The number of hydrogen-bond acceptors (Lipinski definition) is 4. The van der Waals surface area contributed by atoms with Crippen LogP contribution in [-0.4, -0.2) is 19.7 Å². The van der Waals surface area contributed by atoms with E-state index in [9.17, 15) is 8.78 Å². The molecule has 0 aliphatic rings. The number of hydrogen-bond donors (Lipinski definition) is 1. The van der Waals surface area contributed by atoms with Crippen molar-refractivity contribution in [2.45, 2.75) is 0 Å². The van der Waals surface area contributed by atoms with E-state index in [1.54, 1.807) is 19.4 Å². The first-order valence-electron chi connectivity index (χ1n) is 6.11. The van der Waals surface area contributed by atoms with Crippen molar-refractivity contribution < 1.29 is 8.78 Å². The van der Waals surface area contributed by atoms with Crippen molar-refractivity contribution in [2.24, 2.45) is 7.05 Å². The molecule has 106 valence electrons. The van der Waals surface area contributed by atoms with E-state index in [2.05, 4.69) is 15.1 Å². The van der Waals surface area contributed by atoms with Crippen molar-refractivity contribution in [3.05, 3.63) is 48.6 Å². The molecule has 3 aromatic rings. The minimum Gasteiger partial charge on any atom is -0.383 e. The molecule has 1 aromatic carbocycles. The summed E-state index contributed by atoms with van der Waals surface area (Å²) in [4.78, 5) is 7.83. The Labute approximate surface area is 119 Å². The summed E-state index contributed by atoms with van der Waals surface area (Å²) in [7, 11) is 1.65. The van der Waals surface area contributed by atoms with Crippen LogP contribution < -0.4 is 5.73 Å². The third-order valence-electron chi connectivity index (χ3n) is 3.13. The largest absolute Gasteiger partial charge is 0.383 e. The summed E-state index contributed by atoms with van der Waals surface area (Å²) in [6.07, 6.45) is 4.49. The molecule has 21 heavy (non-hydrogen) atoms. The van der Waals surface area contributed by atoms with E-state index in [0.29, 0.717) is 16.8 Å². The second-order valence-electron chi connectivity index (χ2n) is 4.48. The number of benzene rings is 1. The number of nitrogens with zero attached hydrogens (tertiary/aromatic N) is 4. The molecule has 0 fully saturated rings. The lowest BCUT2D eigenvalue weighted by Crippen LogP contribution is -1.98. The van der Waals surface area contributed by atoms with E-state index in [1.807, 2.05) is 0 Å². The summed E-state index contributed by atoms with van der Waals surface area (Å²) in [5.41, 5.74) is 7.60.